The van der Waals surface area contributed by atoms with Crippen LogP contribution in [0.15, 0.2) is 40.3 Å². The summed E-state index contributed by atoms with van der Waals surface area (Å²) in [7, 11) is 4.01. The summed E-state index contributed by atoms with van der Waals surface area (Å²) in [6, 6.07) is 6.85. The number of urea groups is 1. The monoisotopic (exact) mass is 414 g/mol. The molecule has 30 heavy (non-hydrogen) atoms. The van der Waals surface area contributed by atoms with Gasteiger partial charge in [0.1, 0.15) is 17.9 Å². The third kappa shape index (κ3) is 3.88. The first kappa shape index (κ1) is 20.6. The van der Waals surface area contributed by atoms with Gasteiger partial charge in [-0.05, 0) is 35.9 Å². The molecule has 0 bridgehead atoms. The van der Waals surface area contributed by atoms with Crippen molar-refractivity contribution in [3.63, 3.8) is 0 Å². The van der Waals surface area contributed by atoms with Crippen LogP contribution in [0, 0.1) is 0 Å². The highest BCUT2D eigenvalue weighted by Crippen LogP contribution is 2.30. The van der Waals surface area contributed by atoms with Crippen molar-refractivity contribution in [3.8, 4) is 11.5 Å². The van der Waals surface area contributed by atoms with Gasteiger partial charge in [0.25, 0.3) is 11.8 Å². The fourth-order valence-electron chi connectivity index (χ4n) is 2.75. The maximum absolute atomic E-state index is 12.3. The van der Waals surface area contributed by atoms with Gasteiger partial charge in [0.15, 0.2) is 11.5 Å². The number of carboxylic acid groups (broad SMARTS) is 1. The number of methoxy groups -OCH3 is 1. The number of hydrogen-bond donors (Lipinski definition) is 1. The predicted octanol–water partition coefficient (Wildman–Crippen LogP) is 2.00. The Hall–Kier alpha value is -4.08. The summed E-state index contributed by atoms with van der Waals surface area (Å²) in [5.41, 5.74) is 0.324. The Balaban J connectivity index is 1.82. The van der Waals surface area contributed by atoms with Crippen molar-refractivity contribution in [1.29, 1.82) is 0 Å². The average molecular weight is 414 g/mol. The van der Waals surface area contributed by atoms with Gasteiger partial charge in [-0.3, -0.25) is 19.4 Å². The van der Waals surface area contributed by atoms with Gasteiger partial charge in [0.05, 0.1) is 7.11 Å². The van der Waals surface area contributed by atoms with Crippen LogP contribution in [0.1, 0.15) is 21.9 Å². The van der Waals surface area contributed by atoms with E-state index in [4.69, 9.17) is 19.0 Å². The van der Waals surface area contributed by atoms with Gasteiger partial charge < -0.3 is 19.0 Å². The van der Waals surface area contributed by atoms with Crippen LogP contribution in [0.3, 0.4) is 0 Å². The van der Waals surface area contributed by atoms with E-state index in [2.05, 4.69) is 0 Å². The quantitative estimate of drug-likeness (QED) is 0.562. The molecule has 1 aromatic carbocycles. The van der Waals surface area contributed by atoms with E-state index in [1.807, 2.05) is 0 Å². The highest BCUT2D eigenvalue weighted by Gasteiger charge is 2.37. The molecule has 1 aliphatic heterocycles. The summed E-state index contributed by atoms with van der Waals surface area (Å²) in [6.07, 6.45) is 1.36. The fraction of sp³-hybridized carbons (Fsp3) is 0.200. The molecule has 1 aromatic heterocycles. The van der Waals surface area contributed by atoms with E-state index < -0.39 is 23.8 Å². The lowest BCUT2D eigenvalue weighted by molar-refractivity contribution is -0.134. The van der Waals surface area contributed by atoms with Crippen molar-refractivity contribution in [1.82, 2.24) is 9.80 Å². The molecule has 156 valence electrons. The van der Waals surface area contributed by atoms with E-state index in [0.29, 0.717) is 22.8 Å². The first-order chi connectivity index (χ1) is 14.2. The van der Waals surface area contributed by atoms with Gasteiger partial charge in [0, 0.05) is 14.1 Å². The first-order valence-corrected chi connectivity index (χ1v) is 8.67. The summed E-state index contributed by atoms with van der Waals surface area (Å²) in [5, 5.41) is 8.88. The normalized spacial score (nSPS) is 14.2. The van der Waals surface area contributed by atoms with Crippen molar-refractivity contribution in [2.24, 2.45) is 0 Å². The van der Waals surface area contributed by atoms with Gasteiger partial charge in [-0.2, -0.15) is 0 Å². The Morgan fingerprint density at radius 1 is 1.07 bits per heavy atom. The summed E-state index contributed by atoms with van der Waals surface area (Å²) >= 11 is 0. The van der Waals surface area contributed by atoms with Crippen LogP contribution in [-0.4, -0.2) is 59.9 Å². The molecule has 0 atom stereocenters. The zero-order valence-electron chi connectivity index (χ0n) is 16.4. The number of furan rings is 1. The van der Waals surface area contributed by atoms with Crippen LogP contribution in [0.5, 0.6) is 11.5 Å². The molecule has 3 rings (SSSR count). The number of nitrogens with zero attached hydrogens (tertiary/aromatic N) is 2. The summed E-state index contributed by atoms with van der Waals surface area (Å²) in [6.45, 7) is -0.0290. The number of aromatic carboxylic acids is 1. The van der Waals surface area contributed by atoms with Crippen LogP contribution >= 0.6 is 0 Å². The lowest BCUT2D eigenvalue weighted by Crippen LogP contribution is -2.52. The SMILES string of the molecule is COc1cc(C=C2C(=O)N(C)C(=O)N(C)C2=O)ccc1OCc1ccc(C(=O)O)o1. The third-order valence-electron chi connectivity index (χ3n) is 4.39. The molecule has 10 heteroatoms. The molecule has 1 saturated heterocycles. The van der Waals surface area contributed by atoms with Crippen LogP contribution < -0.4 is 9.47 Å². The zero-order valence-corrected chi connectivity index (χ0v) is 16.4. The molecule has 1 fully saturated rings. The molecular weight excluding hydrogens is 396 g/mol. The number of rotatable bonds is 6. The van der Waals surface area contributed by atoms with Gasteiger partial charge >= 0.3 is 12.0 Å². The Bertz CT molecular complexity index is 1040. The standard InChI is InChI=1S/C20H18N2O8/c1-21-17(23)13(18(24)22(2)20(21)27)8-11-4-6-14(16(9-11)28-3)29-10-12-5-7-15(30-12)19(25)26/h4-9H,10H2,1-3H3,(H,25,26). The molecule has 2 aromatic rings. The van der Waals surface area contributed by atoms with Crippen molar-refractivity contribution >= 4 is 29.9 Å². The Morgan fingerprint density at radius 3 is 2.30 bits per heavy atom. The van der Waals surface area contributed by atoms with E-state index in [0.717, 1.165) is 9.80 Å². The topological polar surface area (TPSA) is 127 Å². The highest BCUT2D eigenvalue weighted by molar-refractivity contribution is 6.30. The van der Waals surface area contributed by atoms with Crippen molar-refractivity contribution in [2.75, 3.05) is 21.2 Å². The number of carbonyl (C=O) groups excluding carboxylic acids is 3. The molecule has 0 unspecified atom stereocenters. The Labute approximate surface area is 170 Å². The van der Waals surface area contributed by atoms with E-state index in [9.17, 15) is 19.2 Å². The van der Waals surface area contributed by atoms with Gasteiger partial charge in [-0.25, -0.2) is 9.59 Å². The van der Waals surface area contributed by atoms with Gasteiger partial charge in [0.2, 0.25) is 5.76 Å². The molecule has 1 N–H and O–H groups in total. The van der Waals surface area contributed by atoms with E-state index in [1.165, 1.54) is 39.4 Å². The molecule has 2 heterocycles. The minimum absolute atomic E-state index is 0.0290. The largest absolute Gasteiger partial charge is 0.493 e. The molecule has 10 nitrogen and oxygen atoms in total. The second-order valence-corrected chi connectivity index (χ2v) is 6.34. The number of carboxylic acids is 1. The van der Waals surface area contributed by atoms with E-state index >= 15 is 0 Å². The number of imide groups is 2. The number of hydrogen-bond acceptors (Lipinski definition) is 7. The maximum atomic E-state index is 12.3. The minimum atomic E-state index is -1.18. The second-order valence-electron chi connectivity index (χ2n) is 6.34. The van der Waals surface area contributed by atoms with Gasteiger partial charge in [-0.15, -0.1) is 0 Å². The molecule has 0 saturated carbocycles. The minimum Gasteiger partial charge on any atom is -0.493 e. The summed E-state index contributed by atoms with van der Waals surface area (Å²) in [4.78, 5) is 49.0. The fourth-order valence-corrected chi connectivity index (χ4v) is 2.75. The summed E-state index contributed by atoms with van der Waals surface area (Å²) in [5.74, 6) is -1.79. The number of carbonyl (C=O) groups is 4. The molecular formula is C20H18N2O8. The number of benzene rings is 1. The Kier molecular flexibility index (Phi) is 5.58. The van der Waals surface area contributed by atoms with E-state index in [1.54, 1.807) is 18.2 Å². The summed E-state index contributed by atoms with van der Waals surface area (Å²) < 4.78 is 16.0. The van der Waals surface area contributed by atoms with E-state index in [-0.39, 0.29) is 17.9 Å². The van der Waals surface area contributed by atoms with Crippen LogP contribution in [0.2, 0.25) is 0 Å². The number of barbiturate groups is 1. The second kappa shape index (κ2) is 8.11. The number of likely N-dealkylation sites (N-methyl/N-ethyl adjacent to an activating group) is 2. The average Bonchev–Trinajstić information content (AvgIpc) is 3.22. The molecule has 0 radical (unpaired) electrons. The van der Waals surface area contributed by atoms with Crippen LogP contribution in [-0.2, 0) is 16.2 Å². The number of amides is 4. The third-order valence-corrected chi connectivity index (χ3v) is 4.39. The lowest BCUT2D eigenvalue weighted by atomic mass is 10.1. The zero-order chi connectivity index (χ0) is 22.0. The molecule has 0 spiro atoms. The highest BCUT2D eigenvalue weighted by atomic mass is 16.5. The van der Waals surface area contributed by atoms with Crippen molar-refractivity contribution in [3.05, 3.63) is 53.0 Å². The lowest BCUT2D eigenvalue weighted by Gasteiger charge is -2.28. The predicted molar refractivity (Wildman–Crippen MR) is 102 cm³/mol. The maximum Gasteiger partial charge on any atom is 0.371 e. The Morgan fingerprint density at radius 2 is 1.73 bits per heavy atom. The molecule has 0 aliphatic carbocycles. The number of ether oxygens (including phenoxy) is 2. The van der Waals surface area contributed by atoms with Gasteiger partial charge in [-0.1, -0.05) is 6.07 Å². The van der Waals surface area contributed by atoms with Crippen molar-refractivity contribution < 1.29 is 38.2 Å². The van der Waals surface area contributed by atoms with Crippen molar-refractivity contribution in [2.45, 2.75) is 6.61 Å². The molecule has 1 aliphatic rings. The van der Waals surface area contributed by atoms with Crippen LogP contribution in [0.4, 0.5) is 4.79 Å². The smallest absolute Gasteiger partial charge is 0.371 e. The van der Waals surface area contributed by atoms with Crippen LogP contribution in [0.25, 0.3) is 6.08 Å². The first-order valence-electron chi connectivity index (χ1n) is 8.67. The molecule has 4 amide bonds.